The van der Waals surface area contributed by atoms with E-state index in [-0.39, 0.29) is 17.2 Å². The highest BCUT2D eigenvalue weighted by molar-refractivity contribution is 5.96. The van der Waals surface area contributed by atoms with Crippen molar-refractivity contribution >= 4 is 5.91 Å². The third-order valence-corrected chi connectivity index (χ3v) is 4.28. The van der Waals surface area contributed by atoms with Gasteiger partial charge in [-0.15, -0.1) is 0 Å². The maximum atomic E-state index is 13.0. The molecule has 1 atom stereocenters. The Labute approximate surface area is 117 Å². The van der Waals surface area contributed by atoms with Gasteiger partial charge in [-0.2, -0.15) is 0 Å². The van der Waals surface area contributed by atoms with Crippen molar-refractivity contribution in [3.63, 3.8) is 0 Å². The minimum absolute atomic E-state index is 0.192. The summed E-state index contributed by atoms with van der Waals surface area (Å²) in [6.07, 6.45) is 3.26. The van der Waals surface area contributed by atoms with Crippen molar-refractivity contribution in [1.82, 2.24) is 9.80 Å². The topological polar surface area (TPSA) is 43.8 Å². The first-order valence-electron chi connectivity index (χ1n) is 7.17. The molecule has 2 aliphatic heterocycles. The highest BCUT2D eigenvalue weighted by Crippen LogP contribution is 2.25. The van der Waals surface area contributed by atoms with Gasteiger partial charge in [0.15, 0.2) is 0 Å². The number of phenols is 1. The lowest BCUT2D eigenvalue weighted by Crippen LogP contribution is -2.39. The van der Waals surface area contributed by atoms with Crippen LogP contribution in [0.25, 0.3) is 0 Å². The first-order chi connectivity index (χ1) is 9.65. The van der Waals surface area contributed by atoms with E-state index in [0.29, 0.717) is 19.1 Å². The number of amides is 1. The second-order valence-electron chi connectivity index (χ2n) is 5.60. The Balaban J connectivity index is 1.79. The lowest BCUT2D eigenvalue weighted by Gasteiger charge is -2.26. The van der Waals surface area contributed by atoms with Crippen molar-refractivity contribution in [1.29, 1.82) is 0 Å². The Morgan fingerprint density at radius 2 is 2.05 bits per heavy atom. The monoisotopic (exact) mass is 278 g/mol. The standard InChI is InChI=1S/C15H19FN2O2/c16-11-4-5-13(14(19)9-11)15(20)18-8-2-7-17-6-1-3-12(17)10-18/h4-5,9,12,19H,1-3,6-8,10H2. The largest absolute Gasteiger partial charge is 0.507 e. The molecule has 1 aromatic rings. The fourth-order valence-corrected chi connectivity index (χ4v) is 3.25. The summed E-state index contributed by atoms with van der Waals surface area (Å²) in [7, 11) is 0. The van der Waals surface area contributed by atoms with Crippen LogP contribution in [-0.4, -0.2) is 53.0 Å². The Hall–Kier alpha value is -1.62. The molecular weight excluding hydrogens is 259 g/mol. The molecule has 1 amide bonds. The Morgan fingerprint density at radius 3 is 2.85 bits per heavy atom. The van der Waals surface area contributed by atoms with Crippen molar-refractivity contribution in [2.75, 3.05) is 26.2 Å². The smallest absolute Gasteiger partial charge is 0.257 e. The molecule has 0 aliphatic carbocycles. The van der Waals surface area contributed by atoms with Crippen LogP contribution >= 0.6 is 0 Å². The van der Waals surface area contributed by atoms with Crippen LogP contribution in [0.3, 0.4) is 0 Å². The molecule has 0 saturated carbocycles. The van der Waals surface area contributed by atoms with Gasteiger partial charge in [0.25, 0.3) is 5.91 Å². The Bertz CT molecular complexity index is 521. The third kappa shape index (κ3) is 2.50. The number of rotatable bonds is 1. The zero-order valence-electron chi connectivity index (χ0n) is 11.4. The Morgan fingerprint density at radius 1 is 1.25 bits per heavy atom. The summed E-state index contributed by atoms with van der Waals surface area (Å²) in [4.78, 5) is 16.7. The molecule has 0 radical (unpaired) electrons. The molecule has 2 saturated heterocycles. The van der Waals surface area contributed by atoms with E-state index < -0.39 is 5.82 Å². The number of carbonyl (C=O) groups excluding carboxylic acids is 1. The minimum atomic E-state index is -0.531. The second-order valence-corrected chi connectivity index (χ2v) is 5.60. The number of fused-ring (bicyclic) bond motifs is 1. The highest BCUT2D eigenvalue weighted by Gasteiger charge is 2.31. The summed E-state index contributed by atoms with van der Waals surface area (Å²) in [5.41, 5.74) is 0.192. The number of benzene rings is 1. The van der Waals surface area contributed by atoms with Gasteiger partial charge < -0.3 is 10.0 Å². The SMILES string of the molecule is O=C(c1ccc(F)cc1O)N1CCCN2CCCC2C1. The summed E-state index contributed by atoms with van der Waals surface area (Å²) < 4.78 is 13.0. The number of nitrogens with zero attached hydrogens (tertiary/aromatic N) is 2. The van der Waals surface area contributed by atoms with Crippen LogP contribution in [0.2, 0.25) is 0 Å². The molecule has 3 rings (SSSR count). The first kappa shape index (κ1) is 13.4. The first-order valence-corrected chi connectivity index (χ1v) is 7.17. The van der Waals surface area contributed by atoms with Crippen molar-refractivity contribution in [2.45, 2.75) is 25.3 Å². The van der Waals surface area contributed by atoms with Gasteiger partial charge in [-0.1, -0.05) is 0 Å². The molecule has 5 heteroatoms. The van der Waals surface area contributed by atoms with Gasteiger partial charge in [-0.3, -0.25) is 9.69 Å². The second kappa shape index (κ2) is 5.40. The maximum Gasteiger partial charge on any atom is 0.257 e. The van der Waals surface area contributed by atoms with E-state index in [9.17, 15) is 14.3 Å². The molecule has 0 bridgehead atoms. The van der Waals surface area contributed by atoms with Crippen molar-refractivity contribution < 1.29 is 14.3 Å². The average Bonchev–Trinajstić information content (AvgIpc) is 2.75. The predicted octanol–water partition coefficient (Wildman–Crippen LogP) is 1.84. The van der Waals surface area contributed by atoms with E-state index in [2.05, 4.69) is 4.90 Å². The molecule has 108 valence electrons. The summed E-state index contributed by atoms with van der Waals surface area (Å²) in [6.45, 7) is 3.55. The van der Waals surface area contributed by atoms with Gasteiger partial charge in [-0.05, 0) is 37.9 Å². The number of hydrogen-bond acceptors (Lipinski definition) is 3. The molecule has 0 aromatic heterocycles. The lowest BCUT2D eigenvalue weighted by molar-refractivity contribution is 0.0740. The molecule has 4 nitrogen and oxygen atoms in total. The Kier molecular flexibility index (Phi) is 3.61. The molecule has 1 N–H and O–H groups in total. The molecule has 1 unspecified atom stereocenters. The normalized spacial score (nSPS) is 23.4. The predicted molar refractivity (Wildman–Crippen MR) is 73.2 cm³/mol. The van der Waals surface area contributed by atoms with E-state index in [4.69, 9.17) is 0 Å². The molecule has 20 heavy (non-hydrogen) atoms. The summed E-state index contributed by atoms with van der Waals surface area (Å²) >= 11 is 0. The summed E-state index contributed by atoms with van der Waals surface area (Å²) in [5.74, 6) is -1.00. The van der Waals surface area contributed by atoms with Gasteiger partial charge in [-0.25, -0.2) is 4.39 Å². The third-order valence-electron chi connectivity index (χ3n) is 4.28. The average molecular weight is 278 g/mol. The quantitative estimate of drug-likeness (QED) is 0.852. The van der Waals surface area contributed by atoms with Crippen LogP contribution < -0.4 is 0 Å². The number of aromatic hydroxyl groups is 1. The van der Waals surface area contributed by atoms with Crippen LogP contribution in [-0.2, 0) is 0 Å². The lowest BCUT2D eigenvalue weighted by atomic mass is 10.1. The van der Waals surface area contributed by atoms with Gasteiger partial charge in [0, 0.05) is 31.7 Å². The van der Waals surface area contributed by atoms with E-state index in [1.807, 2.05) is 0 Å². The van der Waals surface area contributed by atoms with E-state index in [0.717, 1.165) is 32.0 Å². The van der Waals surface area contributed by atoms with Crippen molar-refractivity contribution in [3.05, 3.63) is 29.6 Å². The number of phenolic OH excluding ortho intramolecular Hbond substituents is 1. The maximum absolute atomic E-state index is 13.0. The number of carbonyl (C=O) groups is 1. The number of halogens is 1. The molecule has 2 fully saturated rings. The molecule has 2 aliphatic rings. The van der Waals surface area contributed by atoms with Crippen LogP contribution in [0, 0.1) is 5.82 Å². The van der Waals surface area contributed by atoms with E-state index >= 15 is 0 Å². The van der Waals surface area contributed by atoms with Gasteiger partial charge in [0.2, 0.25) is 0 Å². The van der Waals surface area contributed by atoms with E-state index in [1.54, 1.807) is 4.90 Å². The van der Waals surface area contributed by atoms with Crippen LogP contribution in [0.1, 0.15) is 29.6 Å². The molecule has 2 heterocycles. The summed E-state index contributed by atoms with van der Waals surface area (Å²) in [5, 5.41) is 9.75. The molecule has 0 spiro atoms. The zero-order valence-corrected chi connectivity index (χ0v) is 11.4. The molecule has 1 aromatic carbocycles. The minimum Gasteiger partial charge on any atom is -0.507 e. The van der Waals surface area contributed by atoms with Gasteiger partial charge >= 0.3 is 0 Å². The van der Waals surface area contributed by atoms with Gasteiger partial charge in [0.05, 0.1) is 5.56 Å². The fourth-order valence-electron chi connectivity index (χ4n) is 3.25. The van der Waals surface area contributed by atoms with Crippen LogP contribution in [0.5, 0.6) is 5.75 Å². The molecular formula is C15H19FN2O2. The highest BCUT2D eigenvalue weighted by atomic mass is 19.1. The number of hydrogen-bond donors (Lipinski definition) is 1. The van der Waals surface area contributed by atoms with Crippen LogP contribution in [0.4, 0.5) is 4.39 Å². The summed E-state index contributed by atoms with van der Waals surface area (Å²) in [6, 6.07) is 4.01. The van der Waals surface area contributed by atoms with Gasteiger partial charge in [0.1, 0.15) is 11.6 Å². The van der Waals surface area contributed by atoms with Crippen molar-refractivity contribution in [3.8, 4) is 5.75 Å². The van der Waals surface area contributed by atoms with E-state index in [1.165, 1.54) is 18.6 Å². The zero-order chi connectivity index (χ0) is 14.1. The van der Waals surface area contributed by atoms with Crippen molar-refractivity contribution in [2.24, 2.45) is 0 Å². The fraction of sp³-hybridized carbons (Fsp3) is 0.533. The van der Waals surface area contributed by atoms with Crippen LogP contribution in [0.15, 0.2) is 18.2 Å².